The van der Waals surface area contributed by atoms with E-state index in [0.717, 1.165) is 5.39 Å². The second-order valence-corrected chi connectivity index (χ2v) is 6.69. The number of methoxy groups -OCH3 is 1. The molecule has 0 unspecified atom stereocenters. The molecule has 0 atom stereocenters. The Hall–Kier alpha value is -3.09. The van der Waals surface area contributed by atoms with E-state index in [9.17, 15) is 14.4 Å². The van der Waals surface area contributed by atoms with Gasteiger partial charge in [0.05, 0.1) is 12.7 Å². The molecule has 0 saturated carbocycles. The first kappa shape index (κ1) is 19.2. The lowest BCUT2D eigenvalue weighted by Gasteiger charge is -2.20. The molecule has 0 radical (unpaired) electrons. The highest BCUT2D eigenvalue weighted by atomic mass is 16.5. The van der Waals surface area contributed by atoms with Crippen LogP contribution in [-0.4, -0.2) is 37.2 Å². The molecule has 7 nitrogen and oxygen atoms in total. The molecule has 7 heteroatoms. The van der Waals surface area contributed by atoms with Crippen molar-refractivity contribution >= 4 is 28.7 Å². The van der Waals surface area contributed by atoms with Crippen LogP contribution < -0.4 is 15.4 Å². The zero-order chi connectivity index (χ0) is 19.3. The summed E-state index contributed by atoms with van der Waals surface area (Å²) in [5.41, 5.74) is -0.170. The number of hydrogen-bond donors (Lipinski definition) is 2. The Kier molecular flexibility index (Phi) is 5.82. The molecule has 0 saturated heterocycles. The fourth-order valence-electron chi connectivity index (χ4n) is 2.37. The number of benzene rings is 2. The highest BCUT2D eigenvalue weighted by molar-refractivity contribution is 6.07. The monoisotopic (exact) mass is 358 g/mol. The van der Waals surface area contributed by atoms with Crippen LogP contribution in [0.15, 0.2) is 36.4 Å². The molecule has 0 bridgehead atoms. The van der Waals surface area contributed by atoms with Crippen LogP contribution in [0.25, 0.3) is 10.8 Å². The molecular formula is C19H22N2O5. The molecule has 2 N–H and O–H groups in total. The summed E-state index contributed by atoms with van der Waals surface area (Å²) in [4.78, 5) is 35.7. The van der Waals surface area contributed by atoms with E-state index in [4.69, 9.17) is 9.47 Å². The quantitative estimate of drug-likeness (QED) is 0.820. The van der Waals surface area contributed by atoms with Crippen molar-refractivity contribution in [3.63, 3.8) is 0 Å². The summed E-state index contributed by atoms with van der Waals surface area (Å²) in [5, 5.41) is 6.11. The number of nitrogens with one attached hydrogen (secondary N) is 2. The molecule has 0 aliphatic heterocycles. The Bertz CT molecular complexity index is 839. The summed E-state index contributed by atoms with van der Waals surface area (Å²) in [6, 6.07) is 9.82. The van der Waals surface area contributed by atoms with E-state index in [-0.39, 0.29) is 0 Å². The Morgan fingerprint density at radius 3 is 2.27 bits per heavy atom. The molecular weight excluding hydrogens is 336 g/mol. The van der Waals surface area contributed by atoms with E-state index >= 15 is 0 Å². The lowest BCUT2D eigenvalue weighted by atomic mass is 10.0. The normalized spacial score (nSPS) is 10.9. The number of ether oxygens (including phenoxy) is 2. The second-order valence-electron chi connectivity index (χ2n) is 6.69. The first-order valence-corrected chi connectivity index (χ1v) is 8.06. The van der Waals surface area contributed by atoms with Crippen molar-refractivity contribution in [3.05, 3.63) is 42.0 Å². The first-order valence-electron chi connectivity index (χ1n) is 8.06. The third-order valence-corrected chi connectivity index (χ3v) is 3.40. The molecule has 0 fully saturated rings. The zero-order valence-electron chi connectivity index (χ0n) is 15.2. The topological polar surface area (TPSA) is 93.7 Å². The lowest BCUT2D eigenvalue weighted by Crippen LogP contribution is -2.49. The van der Waals surface area contributed by atoms with Gasteiger partial charge in [-0.05, 0) is 38.3 Å². The van der Waals surface area contributed by atoms with Gasteiger partial charge in [0, 0.05) is 10.9 Å². The average molecular weight is 358 g/mol. The lowest BCUT2D eigenvalue weighted by molar-refractivity contribution is -0.123. The Balaban J connectivity index is 2.04. The number of fused-ring (bicyclic) bond motifs is 1. The summed E-state index contributed by atoms with van der Waals surface area (Å²) in [5.74, 6) is -0.734. The molecule has 26 heavy (non-hydrogen) atoms. The highest BCUT2D eigenvalue weighted by Gasteiger charge is 2.18. The zero-order valence-corrected chi connectivity index (χ0v) is 15.2. The Labute approximate surface area is 151 Å². The van der Waals surface area contributed by atoms with Gasteiger partial charge >= 0.3 is 12.0 Å². The van der Waals surface area contributed by atoms with Crippen LogP contribution in [-0.2, 0) is 9.53 Å². The van der Waals surface area contributed by atoms with Crippen LogP contribution in [0.4, 0.5) is 4.79 Å². The highest BCUT2D eigenvalue weighted by Crippen LogP contribution is 2.28. The van der Waals surface area contributed by atoms with Crippen LogP contribution in [0, 0.1) is 0 Å². The molecule has 3 amide bonds. The SMILES string of the molecule is COc1ccc(C(=O)OCC(=O)NC(=O)NC(C)(C)C)c2ccccc12. The Morgan fingerprint density at radius 2 is 1.65 bits per heavy atom. The predicted octanol–water partition coefficient (Wildman–Crippen LogP) is 2.63. The van der Waals surface area contributed by atoms with Crippen LogP contribution in [0.3, 0.4) is 0 Å². The number of imide groups is 1. The van der Waals surface area contributed by atoms with E-state index < -0.39 is 30.1 Å². The fourth-order valence-corrected chi connectivity index (χ4v) is 2.37. The smallest absolute Gasteiger partial charge is 0.339 e. The van der Waals surface area contributed by atoms with Crippen LogP contribution in [0.1, 0.15) is 31.1 Å². The Morgan fingerprint density at radius 1 is 1.00 bits per heavy atom. The van der Waals surface area contributed by atoms with Gasteiger partial charge in [-0.25, -0.2) is 9.59 Å². The van der Waals surface area contributed by atoms with Gasteiger partial charge in [-0.15, -0.1) is 0 Å². The number of hydrogen-bond acceptors (Lipinski definition) is 5. The van der Waals surface area contributed by atoms with E-state index in [0.29, 0.717) is 16.7 Å². The van der Waals surface area contributed by atoms with Crippen molar-refractivity contribution in [1.29, 1.82) is 0 Å². The minimum Gasteiger partial charge on any atom is -0.496 e. The van der Waals surface area contributed by atoms with E-state index in [1.807, 2.05) is 12.1 Å². The summed E-state index contributed by atoms with van der Waals surface area (Å²) in [6.45, 7) is 4.79. The van der Waals surface area contributed by atoms with E-state index in [1.165, 1.54) is 0 Å². The molecule has 0 aliphatic carbocycles. The summed E-state index contributed by atoms with van der Waals surface area (Å²) in [6.07, 6.45) is 0. The van der Waals surface area contributed by atoms with E-state index in [2.05, 4.69) is 10.6 Å². The number of carbonyl (C=O) groups excluding carboxylic acids is 3. The van der Waals surface area contributed by atoms with Crippen molar-refractivity contribution in [2.24, 2.45) is 0 Å². The molecule has 2 rings (SSSR count). The summed E-state index contributed by atoms with van der Waals surface area (Å²) in [7, 11) is 1.55. The van der Waals surface area contributed by atoms with Crippen molar-refractivity contribution in [3.8, 4) is 5.75 Å². The largest absolute Gasteiger partial charge is 0.496 e. The number of amides is 3. The summed E-state index contributed by atoms with van der Waals surface area (Å²) < 4.78 is 10.3. The minimum atomic E-state index is -0.710. The van der Waals surface area contributed by atoms with Gasteiger partial charge < -0.3 is 14.8 Å². The predicted molar refractivity (Wildman–Crippen MR) is 97.2 cm³/mol. The van der Waals surface area contributed by atoms with Gasteiger partial charge in [0.25, 0.3) is 5.91 Å². The molecule has 0 spiro atoms. The van der Waals surface area contributed by atoms with Gasteiger partial charge in [0.15, 0.2) is 6.61 Å². The van der Waals surface area contributed by atoms with Gasteiger partial charge in [-0.1, -0.05) is 24.3 Å². The first-order chi connectivity index (χ1) is 12.2. The molecule has 0 aromatic heterocycles. The third-order valence-electron chi connectivity index (χ3n) is 3.40. The van der Waals surface area contributed by atoms with E-state index in [1.54, 1.807) is 52.1 Å². The van der Waals surface area contributed by atoms with Gasteiger partial charge in [0.2, 0.25) is 0 Å². The second kappa shape index (κ2) is 7.86. The fraction of sp³-hybridized carbons (Fsp3) is 0.316. The standard InChI is InChI=1S/C19H22N2O5/c1-19(2,3)21-18(24)20-16(22)11-26-17(23)14-9-10-15(25-4)13-8-6-5-7-12(13)14/h5-10H,11H2,1-4H3,(H2,20,21,22,24). The number of rotatable bonds is 4. The van der Waals surface area contributed by atoms with Crippen molar-refractivity contribution in [2.45, 2.75) is 26.3 Å². The minimum absolute atomic E-state index is 0.313. The number of urea groups is 1. The van der Waals surface area contributed by atoms with Crippen LogP contribution >= 0.6 is 0 Å². The maximum absolute atomic E-state index is 12.3. The summed E-state index contributed by atoms with van der Waals surface area (Å²) >= 11 is 0. The number of carbonyl (C=O) groups is 3. The van der Waals surface area contributed by atoms with Crippen molar-refractivity contribution in [2.75, 3.05) is 13.7 Å². The maximum Gasteiger partial charge on any atom is 0.339 e. The molecule has 0 heterocycles. The third kappa shape index (κ3) is 4.95. The molecule has 2 aromatic rings. The molecule has 138 valence electrons. The number of esters is 1. The van der Waals surface area contributed by atoms with Crippen LogP contribution in [0.5, 0.6) is 5.75 Å². The average Bonchev–Trinajstić information content (AvgIpc) is 2.56. The molecule has 0 aliphatic rings. The van der Waals surface area contributed by atoms with Gasteiger partial charge in [-0.3, -0.25) is 10.1 Å². The van der Waals surface area contributed by atoms with Gasteiger partial charge in [0.1, 0.15) is 5.75 Å². The van der Waals surface area contributed by atoms with Gasteiger partial charge in [-0.2, -0.15) is 0 Å². The van der Waals surface area contributed by atoms with Crippen molar-refractivity contribution < 1.29 is 23.9 Å². The van der Waals surface area contributed by atoms with Crippen LogP contribution in [0.2, 0.25) is 0 Å². The van der Waals surface area contributed by atoms with Crippen molar-refractivity contribution in [1.82, 2.24) is 10.6 Å². The molecule has 2 aromatic carbocycles. The maximum atomic E-state index is 12.3.